The third-order valence-electron chi connectivity index (χ3n) is 5.18. The second-order valence-electron chi connectivity index (χ2n) is 7.33. The van der Waals surface area contributed by atoms with Gasteiger partial charge in [0.25, 0.3) is 0 Å². The van der Waals surface area contributed by atoms with E-state index >= 15 is 0 Å². The Balaban J connectivity index is 1.48. The maximum atomic E-state index is 10.5. The molecule has 1 aliphatic heterocycles. The molecule has 0 aliphatic carbocycles. The van der Waals surface area contributed by atoms with Crippen molar-refractivity contribution in [2.45, 2.75) is 38.5 Å². The number of nitrogens with zero attached hydrogens (tertiary/aromatic N) is 2. The van der Waals surface area contributed by atoms with E-state index in [1.165, 1.54) is 5.56 Å². The zero-order valence-corrected chi connectivity index (χ0v) is 18.1. The van der Waals surface area contributed by atoms with E-state index in [9.17, 15) is 5.11 Å². The molecule has 1 aromatic heterocycles. The normalized spacial score (nSPS) is 17.1. The van der Waals surface area contributed by atoms with E-state index in [1.54, 1.807) is 18.4 Å². The van der Waals surface area contributed by atoms with Crippen molar-refractivity contribution in [3.63, 3.8) is 0 Å². The smallest absolute Gasteiger partial charge is 0.191 e. The van der Waals surface area contributed by atoms with Crippen molar-refractivity contribution in [3.05, 3.63) is 52.2 Å². The van der Waals surface area contributed by atoms with Crippen LogP contribution in [0.15, 0.2) is 46.1 Å². The minimum absolute atomic E-state index is 0.318. The van der Waals surface area contributed by atoms with Crippen molar-refractivity contribution < 1.29 is 9.84 Å². The number of likely N-dealkylation sites (tertiary alicyclic amines) is 1. The first kappa shape index (κ1) is 21.6. The molecule has 3 rings (SSSR count). The molecular weight excluding hydrogens is 384 g/mol. The molecule has 1 saturated heterocycles. The second-order valence-corrected chi connectivity index (χ2v) is 8.11. The third kappa shape index (κ3) is 6.73. The van der Waals surface area contributed by atoms with Gasteiger partial charge in [0.2, 0.25) is 0 Å². The van der Waals surface area contributed by atoms with E-state index in [4.69, 9.17) is 4.74 Å². The molecule has 1 fully saturated rings. The number of aliphatic hydroxyl groups excluding tert-OH is 1. The molecule has 1 aromatic carbocycles. The summed E-state index contributed by atoms with van der Waals surface area (Å²) in [5, 5.41) is 21.7. The van der Waals surface area contributed by atoms with Gasteiger partial charge in [0, 0.05) is 32.2 Å². The Kier molecular flexibility index (Phi) is 8.34. The van der Waals surface area contributed by atoms with Crippen molar-refractivity contribution >= 4 is 17.3 Å². The molecule has 29 heavy (non-hydrogen) atoms. The van der Waals surface area contributed by atoms with E-state index < -0.39 is 6.10 Å². The van der Waals surface area contributed by atoms with Crippen molar-refractivity contribution in [1.29, 1.82) is 0 Å². The molecule has 1 unspecified atom stereocenters. The van der Waals surface area contributed by atoms with E-state index in [-0.39, 0.29) is 0 Å². The number of rotatable bonds is 8. The molecule has 0 amide bonds. The number of benzene rings is 1. The van der Waals surface area contributed by atoms with Crippen LogP contribution in [0.5, 0.6) is 5.75 Å². The fraction of sp³-hybridized carbons (Fsp3) is 0.500. The number of methoxy groups -OCH3 is 1. The highest BCUT2D eigenvalue weighted by Gasteiger charge is 2.20. The van der Waals surface area contributed by atoms with Gasteiger partial charge < -0.3 is 20.5 Å². The number of hydrogen-bond acceptors (Lipinski definition) is 5. The number of hydrogen-bond donors (Lipinski definition) is 3. The molecule has 0 saturated carbocycles. The minimum atomic E-state index is -0.635. The number of guanidine groups is 1. The highest BCUT2D eigenvalue weighted by molar-refractivity contribution is 7.07. The van der Waals surface area contributed by atoms with Gasteiger partial charge in [-0.3, -0.25) is 9.89 Å². The molecule has 0 spiro atoms. The van der Waals surface area contributed by atoms with E-state index in [0.29, 0.717) is 12.6 Å². The van der Waals surface area contributed by atoms with Gasteiger partial charge in [0.05, 0.1) is 19.8 Å². The Hall–Kier alpha value is -2.09. The number of nitrogens with one attached hydrogen (secondary N) is 2. The molecule has 7 heteroatoms. The summed E-state index contributed by atoms with van der Waals surface area (Å²) >= 11 is 1.76. The molecule has 1 aliphatic rings. The van der Waals surface area contributed by atoms with Crippen LogP contribution >= 0.6 is 11.3 Å². The van der Waals surface area contributed by atoms with Gasteiger partial charge >= 0.3 is 0 Å². The van der Waals surface area contributed by atoms with Gasteiger partial charge in [-0.15, -0.1) is 0 Å². The first-order chi connectivity index (χ1) is 14.2. The van der Waals surface area contributed by atoms with E-state index in [2.05, 4.69) is 44.3 Å². The second kappa shape index (κ2) is 11.2. The van der Waals surface area contributed by atoms with Gasteiger partial charge in [0.1, 0.15) is 5.75 Å². The van der Waals surface area contributed by atoms with Gasteiger partial charge in [-0.25, -0.2) is 0 Å². The zero-order valence-electron chi connectivity index (χ0n) is 17.3. The van der Waals surface area contributed by atoms with Crippen LogP contribution in [0.2, 0.25) is 0 Å². The lowest BCUT2D eigenvalue weighted by atomic mass is 10.0. The Morgan fingerprint density at radius 2 is 2.03 bits per heavy atom. The van der Waals surface area contributed by atoms with Crippen molar-refractivity contribution in [2.24, 2.45) is 4.99 Å². The Labute approximate surface area is 177 Å². The molecule has 3 N–H and O–H groups in total. The molecular formula is C22H32N4O2S. The lowest BCUT2D eigenvalue weighted by Crippen LogP contribution is -2.48. The topological polar surface area (TPSA) is 69.1 Å². The largest absolute Gasteiger partial charge is 0.497 e. The maximum absolute atomic E-state index is 10.5. The number of ether oxygens (including phenoxy) is 1. The number of aliphatic hydroxyl groups is 1. The summed E-state index contributed by atoms with van der Waals surface area (Å²) in [4.78, 5) is 7.12. The van der Waals surface area contributed by atoms with Crippen LogP contribution in [-0.4, -0.2) is 55.3 Å². The first-order valence-corrected chi connectivity index (χ1v) is 11.2. The van der Waals surface area contributed by atoms with Crippen LogP contribution in [0.1, 0.15) is 37.0 Å². The SMILES string of the molecule is CCNC(=NCC(O)c1ccc(OC)cc1)NC1CCN(Cc2ccsc2)CC1. The fourth-order valence-electron chi connectivity index (χ4n) is 3.50. The average molecular weight is 417 g/mol. The molecule has 2 heterocycles. The van der Waals surface area contributed by atoms with Crippen molar-refractivity contribution in [3.8, 4) is 5.75 Å². The standard InChI is InChI=1S/C22H32N4O2S/c1-3-23-22(24-14-21(27)18-4-6-20(28-2)7-5-18)25-19-8-11-26(12-9-19)15-17-10-13-29-16-17/h4-7,10,13,16,19,21,27H,3,8-9,11-12,14-15H2,1-2H3,(H2,23,24,25). The number of thiophene rings is 1. The lowest BCUT2D eigenvalue weighted by Gasteiger charge is -2.33. The summed E-state index contributed by atoms with van der Waals surface area (Å²) in [7, 11) is 1.64. The number of aliphatic imine (C=N–C) groups is 1. The van der Waals surface area contributed by atoms with Crippen LogP contribution in [0.4, 0.5) is 0 Å². The Morgan fingerprint density at radius 1 is 1.28 bits per heavy atom. The molecule has 0 bridgehead atoms. The molecule has 0 radical (unpaired) electrons. The summed E-state index contributed by atoms with van der Waals surface area (Å²) < 4.78 is 5.17. The summed E-state index contributed by atoms with van der Waals surface area (Å²) in [6.45, 7) is 6.38. The Morgan fingerprint density at radius 3 is 2.66 bits per heavy atom. The van der Waals surface area contributed by atoms with E-state index in [1.807, 2.05) is 24.3 Å². The predicted octanol–water partition coefficient (Wildman–Crippen LogP) is 3.01. The van der Waals surface area contributed by atoms with Crippen LogP contribution in [0.3, 0.4) is 0 Å². The Bertz CT molecular complexity index is 741. The first-order valence-electron chi connectivity index (χ1n) is 10.3. The van der Waals surface area contributed by atoms with Crippen molar-refractivity contribution in [2.75, 3.05) is 33.3 Å². The quantitative estimate of drug-likeness (QED) is 0.456. The predicted molar refractivity (Wildman–Crippen MR) is 120 cm³/mol. The third-order valence-corrected chi connectivity index (χ3v) is 5.91. The highest BCUT2D eigenvalue weighted by atomic mass is 32.1. The lowest BCUT2D eigenvalue weighted by molar-refractivity contribution is 0.186. The van der Waals surface area contributed by atoms with Crippen LogP contribution < -0.4 is 15.4 Å². The maximum Gasteiger partial charge on any atom is 0.191 e. The van der Waals surface area contributed by atoms with E-state index in [0.717, 1.165) is 56.3 Å². The number of piperidine rings is 1. The van der Waals surface area contributed by atoms with Crippen LogP contribution in [-0.2, 0) is 6.54 Å². The molecule has 1 atom stereocenters. The van der Waals surface area contributed by atoms with Gasteiger partial charge in [-0.05, 0) is 59.9 Å². The van der Waals surface area contributed by atoms with Crippen LogP contribution in [0.25, 0.3) is 0 Å². The molecule has 158 valence electrons. The molecule has 2 aromatic rings. The van der Waals surface area contributed by atoms with Crippen LogP contribution in [0, 0.1) is 0 Å². The van der Waals surface area contributed by atoms with Gasteiger partial charge in [0.15, 0.2) is 5.96 Å². The van der Waals surface area contributed by atoms with Gasteiger partial charge in [-0.1, -0.05) is 12.1 Å². The monoisotopic (exact) mass is 416 g/mol. The summed E-state index contributed by atoms with van der Waals surface area (Å²) in [5.41, 5.74) is 2.25. The highest BCUT2D eigenvalue weighted by Crippen LogP contribution is 2.18. The van der Waals surface area contributed by atoms with Gasteiger partial charge in [-0.2, -0.15) is 11.3 Å². The van der Waals surface area contributed by atoms with Crippen molar-refractivity contribution in [1.82, 2.24) is 15.5 Å². The minimum Gasteiger partial charge on any atom is -0.497 e. The summed E-state index contributed by atoms with van der Waals surface area (Å²) in [5.74, 6) is 1.56. The molecule has 6 nitrogen and oxygen atoms in total. The fourth-order valence-corrected chi connectivity index (χ4v) is 4.16. The summed E-state index contributed by atoms with van der Waals surface area (Å²) in [6, 6.07) is 10.1. The summed E-state index contributed by atoms with van der Waals surface area (Å²) in [6.07, 6.45) is 1.55. The average Bonchev–Trinajstić information content (AvgIpc) is 3.26. The zero-order chi connectivity index (χ0) is 20.5.